The zero-order chi connectivity index (χ0) is 53.6. The predicted octanol–water partition coefficient (Wildman–Crippen LogP) is 9.70. The second-order valence-electron chi connectivity index (χ2n) is 26.1. The summed E-state index contributed by atoms with van der Waals surface area (Å²) in [6.45, 7) is 9.09. The van der Waals surface area contributed by atoms with Gasteiger partial charge in [0.2, 0.25) is 0 Å². The van der Waals surface area contributed by atoms with Crippen molar-refractivity contribution in [3.63, 3.8) is 0 Å². The molecule has 2 unspecified atom stereocenters. The largest absolute Gasteiger partial charge is 0.519 e. The molecule has 0 radical (unpaired) electrons. The van der Waals surface area contributed by atoms with E-state index in [1.165, 1.54) is 36.4 Å². The van der Waals surface area contributed by atoms with Gasteiger partial charge in [0.25, 0.3) is 11.4 Å². The van der Waals surface area contributed by atoms with Crippen LogP contribution >= 0.6 is 0 Å². The number of esters is 2. The van der Waals surface area contributed by atoms with Crippen molar-refractivity contribution < 1.29 is 63.6 Å². The fraction of sp³-hybridized carbons (Fsp3) is 0.678. The lowest BCUT2D eigenvalue weighted by Gasteiger charge is -2.65. The minimum Gasteiger partial charge on any atom is -0.458 e. The van der Waals surface area contributed by atoms with Crippen LogP contribution < -0.4 is 9.47 Å². The number of nitrogens with zero attached hydrogens (tertiary/aromatic N) is 2. The fourth-order valence-electron chi connectivity index (χ4n) is 20.2. The van der Waals surface area contributed by atoms with Crippen molar-refractivity contribution in [3.05, 3.63) is 91.1 Å². The average molecular weight is 1050 g/mol. The van der Waals surface area contributed by atoms with E-state index in [1.807, 2.05) is 0 Å². The molecule has 10 aliphatic rings. The van der Waals surface area contributed by atoms with Crippen LogP contribution in [0.4, 0.5) is 16.2 Å². The number of cyclic esters (lactones) is 2. The van der Waals surface area contributed by atoms with Crippen molar-refractivity contribution in [2.45, 2.75) is 166 Å². The molecule has 17 heteroatoms. The van der Waals surface area contributed by atoms with Crippen molar-refractivity contribution >= 4 is 29.5 Å². The topological polar surface area (TPSA) is 255 Å². The van der Waals surface area contributed by atoms with E-state index in [4.69, 9.17) is 18.9 Å². The average Bonchev–Trinajstić information content (AvgIpc) is 4.31. The SMILES string of the molecule is C[C@]12C(c3cc(OC(=O)Oc4ccc([N+](=O)[O-])c(C5C[C@H](O)C[C@H]6CC[C@@H]7[C@H](CC[C@]8(C)[C@@H](C9=CC(=O)OC9)CC[C@]78O)[C@@]56C)c4)ccc3[N+](=O)[O-])C[C@H](O)C[C@H]1CC[C@@H]1[C@@H]2CC[C@]2(C)[C@@H](C3=CC(=O)OC3)CC[C@]12O. The molecule has 0 saturated heterocycles. The van der Waals surface area contributed by atoms with Crippen LogP contribution in [-0.2, 0) is 19.1 Å². The van der Waals surface area contributed by atoms with Crippen LogP contribution in [0.25, 0.3) is 0 Å². The molecule has 18 atom stereocenters. The fourth-order valence-corrected chi connectivity index (χ4v) is 20.2. The number of carbonyl (C=O) groups is 3. The van der Waals surface area contributed by atoms with Gasteiger partial charge in [-0.1, -0.05) is 27.7 Å². The van der Waals surface area contributed by atoms with Gasteiger partial charge in [0.15, 0.2) is 0 Å². The van der Waals surface area contributed by atoms with Gasteiger partial charge in [0.1, 0.15) is 24.7 Å². The zero-order valence-corrected chi connectivity index (χ0v) is 43.9. The molecular weight excluding hydrogens is 977 g/mol. The van der Waals surface area contributed by atoms with Crippen molar-refractivity contribution in [1.29, 1.82) is 0 Å². The molecule has 76 heavy (non-hydrogen) atoms. The first-order valence-electron chi connectivity index (χ1n) is 28.0. The molecule has 17 nitrogen and oxygen atoms in total. The summed E-state index contributed by atoms with van der Waals surface area (Å²) < 4.78 is 22.4. The van der Waals surface area contributed by atoms with Gasteiger partial charge in [-0.15, -0.1) is 0 Å². The van der Waals surface area contributed by atoms with Gasteiger partial charge in [-0.25, -0.2) is 14.4 Å². The number of ether oxygens (including phenoxy) is 4. The summed E-state index contributed by atoms with van der Waals surface area (Å²) in [4.78, 5) is 63.3. The van der Waals surface area contributed by atoms with Gasteiger partial charge in [0.05, 0.1) is 33.3 Å². The molecule has 2 heterocycles. The zero-order valence-electron chi connectivity index (χ0n) is 43.9. The third kappa shape index (κ3) is 7.39. The molecule has 408 valence electrons. The second kappa shape index (κ2) is 17.9. The molecule has 0 aromatic heterocycles. The third-order valence-corrected chi connectivity index (χ3v) is 23.7. The number of aliphatic hydroxyl groups is 4. The van der Waals surface area contributed by atoms with Crippen LogP contribution in [0.1, 0.15) is 153 Å². The maximum Gasteiger partial charge on any atom is 0.519 e. The number of hydrogen-bond acceptors (Lipinski definition) is 15. The van der Waals surface area contributed by atoms with Gasteiger partial charge in [-0.3, -0.25) is 20.2 Å². The number of nitro benzene ring substituents is 2. The molecule has 8 saturated carbocycles. The summed E-state index contributed by atoms with van der Waals surface area (Å²) in [5.74, 6) is -2.25. The molecular formula is C59H72N2O15. The third-order valence-electron chi connectivity index (χ3n) is 23.7. The van der Waals surface area contributed by atoms with Gasteiger partial charge in [-0.2, -0.15) is 0 Å². The van der Waals surface area contributed by atoms with E-state index in [-0.39, 0.29) is 108 Å². The highest BCUT2D eigenvalue weighted by Gasteiger charge is 2.71. The standard InChI is InChI=1S/C59H72N2O15/c1-54-17-13-43-45(58(54,67)19-15-41(54)31-21-51(64)73-29-31)9-5-33-23-35(62)25-47(56(33,43)3)39-27-37(7-11-49(39)60(69)70)75-53(66)76-38-8-12-50(61(71)72)40(28-38)48-26-36(63)24-34-6-10-46-44(57(34,48)4)14-18-55(2)42(16-20-59(46,55)68)32-22-52(65)74-30-32/h7-8,11-12,21-22,27-28,33-36,41-48,62-63,67-68H,5-6,9-10,13-20,23-26,29-30H2,1-4H3/t33-,34-,35-,36-,41-,42-,43+,44+,45-,46-,47?,48?,54-,55-,56+,57+,58+,59+/m1/s1. The quantitative estimate of drug-likeness (QED) is 0.0830. The van der Waals surface area contributed by atoms with E-state index in [0.29, 0.717) is 62.5 Å². The van der Waals surface area contributed by atoms with E-state index < -0.39 is 72.9 Å². The molecule has 0 spiro atoms. The minimum absolute atomic E-state index is 0.00908. The van der Waals surface area contributed by atoms with Crippen LogP contribution in [0.15, 0.2) is 59.7 Å². The number of rotatable bonds is 8. The van der Waals surface area contributed by atoms with Gasteiger partial charge < -0.3 is 39.4 Å². The van der Waals surface area contributed by atoms with E-state index in [0.717, 1.165) is 49.7 Å². The Morgan fingerprint density at radius 3 is 1.34 bits per heavy atom. The first kappa shape index (κ1) is 51.5. The number of aliphatic hydroxyl groups excluding tert-OH is 2. The Bertz CT molecular complexity index is 2680. The molecule has 8 fully saturated rings. The van der Waals surface area contributed by atoms with Crippen LogP contribution in [0.3, 0.4) is 0 Å². The van der Waals surface area contributed by atoms with Crippen LogP contribution in [-0.4, -0.2) is 85.0 Å². The van der Waals surface area contributed by atoms with Gasteiger partial charge in [-0.05, 0) is 208 Å². The lowest BCUT2D eigenvalue weighted by molar-refractivity contribution is -0.386. The lowest BCUT2D eigenvalue weighted by Crippen LogP contribution is -2.63. The van der Waals surface area contributed by atoms with Gasteiger partial charge in [0, 0.05) is 46.2 Å². The number of benzene rings is 2. The monoisotopic (exact) mass is 1050 g/mol. The first-order chi connectivity index (χ1) is 36.0. The van der Waals surface area contributed by atoms with Crippen LogP contribution in [0.5, 0.6) is 11.5 Å². The van der Waals surface area contributed by atoms with Crippen molar-refractivity contribution in [1.82, 2.24) is 0 Å². The Hall–Kier alpha value is -5.23. The Morgan fingerprint density at radius 1 is 0.566 bits per heavy atom. The Kier molecular flexibility index (Phi) is 12.1. The summed E-state index contributed by atoms with van der Waals surface area (Å²) >= 11 is 0. The molecule has 0 amide bonds. The highest BCUT2D eigenvalue weighted by Crippen LogP contribution is 2.74. The minimum atomic E-state index is -1.17. The number of hydrogen-bond donors (Lipinski definition) is 4. The molecule has 12 rings (SSSR count). The van der Waals surface area contributed by atoms with Crippen molar-refractivity contribution in [2.24, 2.45) is 69.0 Å². The Balaban J connectivity index is 0.823. The van der Waals surface area contributed by atoms with E-state index in [9.17, 15) is 55.0 Å². The van der Waals surface area contributed by atoms with E-state index in [1.54, 1.807) is 12.2 Å². The van der Waals surface area contributed by atoms with Crippen molar-refractivity contribution in [3.8, 4) is 11.5 Å². The maximum absolute atomic E-state index is 14.0. The first-order valence-corrected chi connectivity index (χ1v) is 28.0. The molecule has 2 aromatic rings. The molecule has 0 bridgehead atoms. The summed E-state index contributed by atoms with van der Waals surface area (Å²) in [6.07, 6.45) is 10.4. The predicted molar refractivity (Wildman–Crippen MR) is 273 cm³/mol. The smallest absolute Gasteiger partial charge is 0.458 e. The second-order valence-corrected chi connectivity index (χ2v) is 26.1. The summed E-state index contributed by atoms with van der Waals surface area (Å²) in [6, 6.07) is 8.31. The summed E-state index contributed by atoms with van der Waals surface area (Å²) in [7, 11) is 0. The summed E-state index contributed by atoms with van der Waals surface area (Å²) in [5.41, 5.74) is -2.16. The van der Waals surface area contributed by atoms with Crippen molar-refractivity contribution in [2.75, 3.05) is 13.2 Å². The number of fused-ring (bicyclic) bond motifs is 10. The Morgan fingerprint density at radius 2 is 0.974 bits per heavy atom. The number of nitro groups is 2. The van der Waals surface area contributed by atoms with E-state index >= 15 is 0 Å². The lowest BCUT2D eigenvalue weighted by atomic mass is 9.40. The van der Waals surface area contributed by atoms with E-state index in [2.05, 4.69) is 27.7 Å². The van der Waals surface area contributed by atoms with Gasteiger partial charge >= 0.3 is 18.1 Å². The highest BCUT2D eigenvalue weighted by atomic mass is 16.7. The highest BCUT2D eigenvalue weighted by molar-refractivity contribution is 5.86. The molecule has 2 aromatic carbocycles. The normalized spacial score (nSPS) is 44.1. The molecule has 4 N–H and O–H groups in total. The maximum atomic E-state index is 14.0. The van der Waals surface area contributed by atoms with Crippen LogP contribution in [0.2, 0.25) is 0 Å². The molecule has 8 aliphatic carbocycles. The summed E-state index contributed by atoms with van der Waals surface area (Å²) in [5, 5.41) is 74.8. The molecule has 2 aliphatic heterocycles. The van der Waals surface area contributed by atoms with Crippen LogP contribution in [0, 0.1) is 89.2 Å². The Labute approximate surface area is 442 Å². The number of carbonyl (C=O) groups excluding carboxylic acids is 3.